The Labute approximate surface area is 145 Å². The second kappa shape index (κ2) is 5.77. The van der Waals surface area contributed by atoms with Crippen molar-refractivity contribution in [2.75, 3.05) is 0 Å². The van der Waals surface area contributed by atoms with Crippen LogP contribution in [0, 0.1) is 46.3 Å². The van der Waals surface area contributed by atoms with Gasteiger partial charge in [-0.1, -0.05) is 72.6 Å². The van der Waals surface area contributed by atoms with Crippen LogP contribution in [0.2, 0.25) is 0 Å². The molecule has 0 aromatic carbocycles. The van der Waals surface area contributed by atoms with Crippen LogP contribution < -0.4 is 0 Å². The van der Waals surface area contributed by atoms with Gasteiger partial charge in [-0.15, -0.1) is 0 Å². The zero-order valence-corrected chi connectivity index (χ0v) is 16.2. The fourth-order valence-corrected chi connectivity index (χ4v) is 8.47. The van der Waals surface area contributed by atoms with Crippen molar-refractivity contribution in [3.63, 3.8) is 0 Å². The van der Waals surface area contributed by atoms with Gasteiger partial charge in [0.1, 0.15) is 0 Å². The Morgan fingerprint density at radius 1 is 0.826 bits per heavy atom. The largest absolute Gasteiger partial charge is 0.0617 e. The van der Waals surface area contributed by atoms with E-state index in [1.165, 1.54) is 44.9 Å². The molecule has 0 radical (unpaired) electrons. The quantitative estimate of drug-likeness (QED) is 0.510. The van der Waals surface area contributed by atoms with Crippen molar-refractivity contribution < 1.29 is 0 Å². The highest BCUT2D eigenvalue weighted by Gasteiger charge is 2.62. The molecule has 0 aliphatic heterocycles. The van der Waals surface area contributed by atoms with E-state index in [9.17, 15) is 0 Å². The van der Waals surface area contributed by atoms with Crippen LogP contribution in [0.3, 0.4) is 0 Å². The molecule has 0 bridgehead atoms. The van der Waals surface area contributed by atoms with Gasteiger partial charge in [-0.2, -0.15) is 0 Å². The van der Waals surface area contributed by atoms with Crippen molar-refractivity contribution in [1.29, 1.82) is 0 Å². The molecule has 132 valence electrons. The summed E-state index contributed by atoms with van der Waals surface area (Å²) in [6, 6.07) is 0. The summed E-state index contributed by atoms with van der Waals surface area (Å²) >= 11 is 0. The predicted molar refractivity (Wildman–Crippen MR) is 99.3 cm³/mol. The number of hydrogen-bond donors (Lipinski definition) is 0. The van der Waals surface area contributed by atoms with E-state index in [0.29, 0.717) is 10.8 Å². The summed E-state index contributed by atoms with van der Waals surface area (Å²) in [5.41, 5.74) is 1.24. The maximum atomic E-state index is 2.76. The average Bonchev–Trinajstić information content (AvgIpc) is 2.80. The topological polar surface area (TPSA) is 0 Å². The number of rotatable bonds is 2. The molecule has 7 unspecified atom stereocenters. The van der Waals surface area contributed by atoms with Crippen LogP contribution in [0.5, 0.6) is 0 Å². The molecule has 0 saturated heterocycles. The van der Waals surface area contributed by atoms with Crippen molar-refractivity contribution in [2.24, 2.45) is 46.3 Å². The molecule has 0 heterocycles. The molecule has 0 aromatic rings. The minimum atomic E-state index is 0.616. The molecule has 4 rings (SSSR count). The number of hydrogen-bond acceptors (Lipinski definition) is 0. The Morgan fingerprint density at radius 3 is 2.17 bits per heavy atom. The summed E-state index contributed by atoms with van der Waals surface area (Å²) in [4.78, 5) is 0. The second-order valence-corrected chi connectivity index (χ2v) is 10.6. The molecule has 23 heavy (non-hydrogen) atoms. The lowest BCUT2D eigenvalue weighted by molar-refractivity contribution is -0.0404. The van der Waals surface area contributed by atoms with Gasteiger partial charge in [0.15, 0.2) is 0 Å². The van der Waals surface area contributed by atoms with Crippen LogP contribution >= 0.6 is 0 Å². The molecule has 7 atom stereocenters. The van der Waals surface area contributed by atoms with Crippen LogP contribution in [0.1, 0.15) is 98.3 Å². The molecule has 0 N–H and O–H groups in total. The van der Waals surface area contributed by atoms with Gasteiger partial charge in [0, 0.05) is 0 Å². The van der Waals surface area contributed by atoms with E-state index in [0.717, 1.165) is 35.5 Å². The lowest BCUT2D eigenvalue weighted by atomic mass is 9.52. The molecule has 4 saturated carbocycles. The molecular weight excluding hydrogens is 276 g/mol. The lowest BCUT2D eigenvalue weighted by Crippen LogP contribution is -2.46. The first-order chi connectivity index (χ1) is 11.0. The summed E-state index contributed by atoms with van der Waals surface area (Å²) in [6.45, 7) is 10.8. The smallest absolute Gasteiger partial charge is 0.0235 e. The first-order valence-electron chi connectivity index (χ1n) is 11.0. The van der Waals surface area contributed by atoms with E-state index in [2.05, 4.69) is 27.7 Å². The zero-order valence-electron chi connectivity index (χ0n) is 16.2. The Bertz CT molecular complexity index is 429. The fourth-order valence-electron chi connectivity index (χ4n) is 8.47. The highest BCUT2D eigenvalue weighted by atomic mass is 14.7. The highest BCUT2D eigenvalue weighted by molar-refractivity contribution is 5.10. The molecule has 0 aromatic heterocycles. The van der Waals surface area contributed by atoms with Crippen LogP contribution in [-0.2, 0) is 0 Å². The van der Waals surface area contributed by atoms with Crippen molar-refractivity contribution in [3.05, 3.63) is 0 Å². The first kappa shape index (κ1) is 16.5. The van der Waals surface area contributed by atoms with E-state index < -0.39 is 0 Å². The molecule has 0 spiro atoms. The molecule has 4 aliphatic rings. The molecular formula is C23H40. The van der Waals surface area contributed by atoms with E-state index in [1.807, 2.05) is 0 Å². The second-order valence-electron chi connectivity index (χ2n) is 10.6. The van der Waals surface area contributed by atoms with Crippen molar-refractivity contribution in [1.82, 2.24) is 0 Å². The van der Waals surface area contributed by atoms with Gasteiger partial charge in [0.05, 0.1) is 0 Å². The zero-order chi connectivity index (χ0) is 16.2. The van der Waals surface area contributed by atoms with Gasteiger partial charge in [-0.3, -0.25) is 0 Å². The van der Waals surface area contributed by atoms with Crippen LogP contribution in [0.25, 0.3) is 0 Å². The van der Waals surface area contributed by atoms with Gasteiger partial charge >= 0.3 is 0 Å². The van der Waals surface area contributed by atoms with Crippen molar-refractivity contribution in [3.8, 4) is 0 Å². The molecule has 4 fully saturated rings. The normalized spacial score (nSPS) is 50.3. The standard InChI is InChI=1S/C23H40/c1-16-19-12-8-10-18-11-9-13-20(21(18)19)23(16,4)17(2)22(3)14-6-5-7-15-22/h16-21H,5-15H2,1-4H3. The van der Waals surface area contributed by atoms with Crippen LogP contribution in [0.15, 0.2) is 0 Å². The molecule has 4 aliphatic carbocycles. The van der Waals surface area contributed by atoms with Gasteiger partial charge in [-0.05, 0) is 72.0 Å². The summed E-state index contributed by atoms with van der Waals surface area (Å²) in [5, 5.41) is 0. The van der Waals surface area contributed by atoms with Gasteiger partial charge in [0.2, 0.25) is 0 Å². The van der Waals surface area contributed by atoms with E-state index in [4.69, 9.17) is 0 Å². The summed E-state index contributed by atoms with van der Waals surface area (Å²) in [7, 11) is 0. The Kier molecular flexibility index (Phi) is 4.13. The summed E-state index contributed by atoms with van der Waals surface area (Å²) in [5.74, 6) is 6.20. The van der Waals surface area contributed by atoms with E-state index in [1.54, 1.807) is 25.7 Å². The Hall–Kier alpha value is 0. The molecule has 0 nitrogen and oxygen atoms in total. The average molecular weight is 317 g/mol. The SMILES string of the molecule is CC1C2CCCC3CCCC(C32)C1(C)C(C)C1(C)CCCCC1. The lowest BCUT2D eigenvalue weighted by Gasteiger charge is -2.53. The minimum Gasteiger partial charge on any atom is -0.0617 e. The maximum Gasteiger partial charge on any atom is -0.0235 e. The van der Waals surface area contributed by atoms with Gasteiger partial charge in [0.25, 0.3) is 0 Å². The van der Waals surface area contributed by atoms with Crippen LogP contribution in [-0.4, -0.2) is 0 Å². The predicted octanol–water partition coefficient (Wildman–Crippen LogP) is 7.08. The third-order valence-electron chi connectivity index (χ3n) is 10.1. The van der Waals surface area contributed by atoms with E-state index in [-0.39, 0.29) is 0 Å². The van der Waals surface area contributed by atoms with Crippen LogP contribution in [0.4, 0.5) is 0 Å². The van der Waals surface area contributed by atoms with Gasteiger partial charge < -0.3 is 0 Å². The fraction of sp³-hybridized carbons (Fsp3) is 1.00. The third-order valence-corrected chi connectivity index (χ3v) is 10.1. The first-order valence-corrected chi connectivity index (χ1v) is 11.0. The maximum absolute atomic E-state index is 2.76. The van der Waals surface area contributed by atoms with Gasteiger partial charge in [-0.25, -0.2) is 0 Å². The molecule has 0 amide bonds. The minimum absolute atomic E-state index is 0.616. The van der Waals surface area contributed by atoms with Crippen molar-refractivity contribution in [2.45, 2.75) is 98.3 Å². The summed E-state index contributed by atoms with van der Waals surface area (Å²) < 4.78 is 0. The highest BCUT2D eigenvalue weighted by Crippen LogP contribution is 2.69. The Morgan fingerprint density at radius 2 is 1.48 bits per heavy atom. The third kappa shape index (κ3) is 2.29. The summed E-state index contributed by atoms with van der Waals surface area (Å²) in [6.07, 6.45) is 16.8. The van der Waals surface area contributed by atoms with E-state index >= 15 is 0 Å². The Balaban J connectivity index is 1.68. The monoisotopic (exact) mass is 316 g/mol. The molecule has 0 heteroatoms. The van der Waals surface area contributed by atoms with Crippen molar-refractivity contribution >= 4 is 0 Å².